The molecule has 0 aromatic rings. The minimum absolute atomic E-state index is 0.516. The average molecular weight is 720 g/mol. The molecule has 3 saturated heterocycles. The van der Waals surface area contributed by atoms with E-state index >= 15 is 0 Å². The van der Waals surface area contributed by atoms with Crippen LogP contribution in [-0.2, 0) is 47.5 Å². The predicted molar refractivity (Wildman–Crippen MR) is 146 cm³/mol. The number of aliphatic hydroxyl groups is 10. The summed E-state index contributed by atoms with van der Waals surface area (Å²) in [6.45, 7) is -2.92. The fourth-order valence-electron chi connectivity index (χ4n) is 5.32. The van der Waals surface area contributed by atoms with Crippen LogP contribution < -0.4 is 5.73 Å². The quantitative estimate of drug-likeness (QED) is 0.0840. The van der Waals surface area contributed by atoms with E-state index in [1.54, 1.807) is 0 Å². The van der Waals surface area contributed by atoms with Gasteiger partial charge in [-0.05, 0) is 6.08 Å². The van der Waals surface area contributed by atoms with Crippen LogP contribution in [-0.4, -0.2) is 210 Å². The van der Waals surface area contributed by atoms with Crippen LogP contribution in [0.25, 0.3) is 0 Å². The molecule has 2 unspecified atom stereocenters. The van der Waals surface area contributed by atoms with Crippen LogP contribution in [0.3, 0.4) is 0 Å². The number of hydrogen-bond acceptors (Lipinski definition) is 21. The number of rotatable bonds is 13. The molecule has 4 aliphatic rings. The van der Waals surface area contributed by atoms with E-state index in [4.69, 9.17) is 48.7 Å². The van der Waals surface area contributed by atoms with Crippen molar-refractivity contribution in [2.45, 2.75) is 111 Å². The first-order valence-corrected chi connectivity index (χ1v) is 14.9. The van der Waals surface area contributed by atoms with E-state index in [0.29, 0.717) is 6.08 Å². The Morgan fingerprint density at radius 2 is 1.27 bits per heavy atom. The van der Waals surface area contributed by atoms with E-state index in [1.807, 2.05) is 0 Å². The van der Waals surface area contributed by atoms with Crippen LogP contribution in [0, 0.1) is 0 Å². The van der Waals surface area contributed by atoms with Crippen LogP contribution >= 0.6 is 0 Å². The smallest absolute Gasteiger partial charge is 0.371 e. The van der Waals surface area contributed by atoms with Crippen molar-refractivity contribution in [2.24, 2.45) is 5.73 Å². The molecule has 4 rings (SSSR count). The first-order valence-electron chi connectivity index (χ1n) is 14.9. The van der Waals surface area contributed by atoms with Gasteiger partial charge in [-0.25, -0.2) is 4.79 Å². The molecule has 23 nitrogen and oxygen atoms in total. The number of carboxylic acid groups (broad SMARTS) is 2. The van der Waals surface area contributed by atoms with E-state index < -0.39 is 155 Å². The highest BCUT2D eigenvalue weighted by Crippen LogP contribution is 2.33. The van der Waals surface area contributed by atoms with Gasteiger partial charge in [0, 0.05) is 0 Å². The molecular formula is C26H41NO22. The molecule has 4 heterocycles. The largest absolute Gasteiger partial charge is 0.480 e. The highest BCUT2D eigenvalue weighted by Gasteiger charge is 2.54. The molecule has 49 heavy (non-hydrogen) atoms. The fourth-order valence-corrected chi connectivity index (χ4v) is 5.32. The Morgan fingerprint density at radius 3 is 1.78 bits per heavy atom. The highest BCUT2D eigenvalue weighted by atomic mass is 16.8. The minimum atomic E-state index is -2.09. The minimum Gasteiger partial charge on any atom is -0.480 e. The maximum atomic E-state index is 11.4. The molecule has 18 atom stereocenters. The Kier molecular flexibility index (Phi) is 13.6. The summed E-state index contributed by atoms with van der Waals surface area (Å²) in [6, 6.07) is -1.46. The molecule has 0 aromatic carbocycles. The van der Waals surface area contributed by atoms with E-state index in [0.717, 1.165) is 0 Å². The molecule has 0 aromatic heterocycles. The first-order chi connectivity index (χ1) is 23.1. The van der Waals surface area contributed by atoms with Crippen LogP contribution in [0.15, 0.2) is 11.8 Å². The number of aliphatic hydroxyl groups excluding tert-OH is 10. The van der Waals surface area contributed by atoms with E-state index in [1.165, 1.54) is 0 Å². The third-order valence-corrected chi connectivity index (χ3v) is 8.13. The van der Waals surface area contributed by atoms with Crippen molar-refractivity contribution in [3.8, 4) is 0 Å². The van der Waals surface area contributed by atoms with Gasteiger partial charge >= 0.3 is 11.9 Å². The first kappa shape index (κ1) is 39.5. The van der Waals surface area contributed by atoms with Gasteiger partial charge in [0.2, 0.25) is 12.0 Å². The zero-order valence-corrected chi connectivity index (χ0v) is 25.3. The zero-order valence-electron chi connectivity index (χ0n) is 25.3. The van der Waals surface area contributed by atoms with Crippen molar-refractivity contribution in [1.82, 2.24) is 0 Å². The molecule has 0 radical (unpaired) electrons. The van der Waals surface area contributed by atoms with Gasteiger partial charge in [0.1, 0.15) is 85.4 Å². The molecule has 0 bridgehead atoms. The van der Waals surface area contributed by atoms with Crippen molar-refractivity contribution < 1.29 is 109 Å². The number of aliphatic carboxylic acids is 2. The van der Waals surface area contributed by atoms with Gasteiger partial charge in [-0.2, -0.15) is 0 Å². The third kappa shape index (κ3) is 8.80. The second-order valence-corrected chi connectivity index (χ2v) is 11.6. The summed E-state index contributed by atoms with van der Waals surface area (Å²) >= 11 is 0. The van der Waals surface area contributed by atoms with Crippen molar-refractivity contribution in [1.29, 1.82) is 0 Å². The summed E-state index contributed by atoms with van der Waals surface area (Å²) in [5.41, 5.74) is 5.35. The Morgan fingerprint density at radius 1 is 0.735 bits per heavy atom. The number of ether oxygens (including phenoxy) is 8. The summed E-state index contributed by atoms with van der Waals surface area (Å²) in [5.74, 6) is -3.87. The van der Waals surface area contributed by atoms with Gasteiger partial charge in [-0.15, -0.1) is 0 Å². The summed E-state index contributed by atoms with van der Waals surface area (Å²) in [4.78, 5) is 22.3. The summed E-state index contributed by atoms with van der Waals surface area (Å²) < 4.78 is 42.9. The van der Waals surface area contributed by atoms with Gasteiger partial charge < -0.3 is 105 Å². The molecule has 0 saturated carbocycles. The Hall–Kier alpha value is -2.24. The lowest BCUT2D eigenvalue weighted by Crippen LogP contribution is -2.66. The van der Waals surface area contributed by atoms with Crippen LogP contribution in [0.4, 0.5) is 0 Å². The molecule has 0 amide bonds. The Bertz CT molecular complexity index is 1150. The predicted octanol–water partition coefficient (Wildman–Crippen LogP) is -8.43. The lowest BCUT2D eigenvalue weighted by atomic mass is 9.96. The topological polar surface area (TPSA) is 377 Å². The van der Waals surface area contributed by atoms with Crippen LogP contribution in [0.1, 0.15) is 0 Å². The number of carbonyl (C=O) groups is 2. The van der Waals surface area contributed by atoms with Gasteiger partial charge in [0.05, 0.1) is 26.4 Å². The second kappa shape index (κ2) is 16.9. The number of hydrogen-bond donors (Lipinski definition) is 13. The molecular weight excluding hydrogens is 678 g/mol. The SMILES string of the molecule is NC(COC1OC[C@@H](O[C@H]2O[C@H](CO)[C@H](O)[C@H](O[C@@H]3O[C@H](CO)[C@H](O)[C@H](O[C@@H]4OC(C(=O)O)=C[C@H](O)[C@H]4O)[C@H]3O)[C@H]2O)[C@H](O)[C@H]1O)C(=O)O. The summed E-state index contributed by atoms with van der Waals surface area (Å²) in [6.07, 6.45) is -30.1. The zero-order chi connectivity index (χ0) is 36.3. The van der Waals surface area contributed by atoms with Gasteiger partial charge in [0.15, 0.2) is 18.9 Å². The summed E-state index contributed by atoms with van der Waals surface area (Å²) in [5, 5.41) is 123. The maximum absolute atomic E-state index is 11.4. The van der Waals surface area contributed by atoms with E-state index in [-0.39, 0.29) is 0 Å². The van der Waals surface area contributed by atoms with Crippen molar-refractivity contribution >= 4 is 11.9 Å². The van der Waals surface area contributed by atoms with Gasteiger partial charge in [-0.1, -0.05) is 0 Å². The van der Waals surface area contributed by atoms with Crippen molar-refractivity contribution in [3.05, 3.63) is 11.8 Å². The summed E-state index contributed by atoms with van der Waals surface area (Å²) in [7, 11) is 0. The Balaban J connectivity index is 1.46. The highest BCUT2D eigenvalue weighted by molar-refractivity contribution is 5.84. The van der Waals surface area contributed by atoms with Crippen LogP contribution in [0.5, 0.6) is 0 Å². The number of nitrogens with two attached hydrogens (primary N) is 1. The molecule has 4 aliphatic heterocycles. The molecule has 3 fully saturated rings. The molecule has 282 valence electrons. The van der Waals surface area contributed by atoms with E-state index in [9.17, 15) is 65.8 Å². The standard InChI is InChI=1S/C26H41NO22/c27-6(21(38)39)4-42-23-16(35)13(32)11(5-43-23)47-25-17(36)19(14(33)9(2-28)45-25)49-26-18(37)20(15(34)10(3-29)46-26)48-24-12(31)7(30)1-8(44-24)22(40)41/h1,6-7,9-20,23-26,28-37H,2-5,27H2,(H,38,39)(H,40,41)/t6?,7-,9+,10+,11+,12+,13-,14-,15-,16+,17+,18+,19-,20-,23?,24-,25+,26-/m0/s1. The van der Waals surface area contributed by atoms with E-state index in [2.05, 4.69) is 0 Å². The van der Waals surface area contributed by atoms with Crippen molar-refractivity contribution in [3.63, 3.8) is 0 Å². The molecule has 14 N–H and O–H groups in total. The lowest BCUT2D eigenvalue weighted by Gasteiger charge is -2.48. The Labute approximate surface area is 275 Å². The third-order valence-electron chi connectivity index (χ3n) is 8.13. The maximum Gasteiger partial charge on any atom is 0.371 e. The van der Waals surface area contributed by atoms with Gasteiger partial charge in [-0.3, -0.25) is 4.79 Å². The second-order valence-electron chi connectivity index (χ2n) is 11.6. The van der Waals surface area contributed by atoms with Crippen molar-refractivity contribution in [2.75, 3.05) is 26.4 Å². The monoisotopic (exact) mass is 719 g/mol. The lowest BCUT2D eigenvalue weighted by molar-refractivity contribution is -0.380. The normalized spacial score (nSPS) is 45.2. The van der Waals surface area contributed by atoms with Crippen LogP contribution in [0.2, 0.25) is 0 Å². The molecule has 23 heteroatoms. The number of carboxylic acids is 2. The van der Waals surface area contributed by atoms with Gasteiger partial charge in [0.25, 0.3) is 0 Å². The fraction of sp³-hybridized carbons (Fsp3) is 0.846. The average Bonchev–Trinajstić information content (AvgIpc) is 3.06. The molecule has 0 aliphatic carbocycles. The molecule has 0 spiro atoms.